The van der Waals surface area contributed by atoms with Crippen LogP contribution in [-0.2, 0) is 6.18 Å². The molecule has 2 aromatic heterocycles. The Morgan fingerprint density at radius 3 is 2.58 bits per heavy atom. The largest absolute Gasteiger partial charge is 0.475 e. The van der Waals surface area contributed by atoms with E-state index in [1.165, 1.54) is 12.4 Å². The standard InChI is InChI=1S/C10H10F3N5O/c1-2-19-9-8(15-3-4-16-9)18-7(14)5-6(17-18)10(11,12)13/h3-5H,2,14H2,1H3. The van der Waals surface area contributed by atoms with Gasteiger partial charge in [0.15, 0.2) is 5.69 Å². The van der Waals surface area contributed by atoms with Crippen molar-refractivity contribution in [2.24, 2.45) is 0 Å². The highest BCUT2D eigenvalue weighted by Gasteiger charge is 2.35. The molecule has 102 valence electrons. The molecular formula is C10H10F3N5O. The van der Waals surface area contributed by atoms with E-state index in [9.17, 15) is 13.2 Å². The maximum Gasteiger partial charge on any atom is 0.435 e. The molecule has 0 spiro atoms. The van der Waals surface area contributed by atoms with Crippen LogP contribution < -0.4 is 10.5 Å². The van der Waals surface area contributed by atoms with Crippen molar-refractivity contribution in [1.29, 1.82) is 0 Å². The van der Waals surface area contributed by atoms with Crippen molar-refractivity contribution in [3.05, 3.63) is 24.2 Å². The second-order valence-corrected chi connectivity index (χ2v) is 3.48. The first kappa shape index (κ1) is 13.1. The lowest BCUT2D eigenvalue weighted by atomic mass is 10.4. The highest BCUT2D eigenvalue weighted by molar-refractivity contribution is 5.44. The summed E-state index contributed by atoms with van der Waals surface area (Å²) in [4.78, 5) is 7.76. The van der Waals surface area contributed by atoms with Crippen LogP contribution in [-0.4, -0.2) is 26.4 Å². The van der Waals surface area contributed by atoms with Crippen LogP contribution in [0.2, 0.25) is 0 Å². The van der Waals surface area contributed by atoms with E-state index in [-0.39, 0.29) is 17.5 Å². The van der Waals surface area contributed by atoms with Crippen molar-refractivity contribution < 1.29 is 17.9 Å². The Hall–Kier alpha value is -2.32. The first-order valence-electron chi connectivity index (χ1n) is 5.30. The quantitative estimate of drug-likeness (QED) is 0.920. The number of nitrogens with zero attached hydrogens (tertiary/aromatic N) is 4. The summed E-state index contributed by atoms with van der Waals surface area (Å²) in [6.45, 7) is 2.01. The molecule has 0 atom stereocenters. The third-order valence-electron chi connectivity index (χ3n) is 2.16. The summed E-state index contributed by atoms with van der Waals surface area (Å²) in [5, 5.41) is 3.38. The van der Waals surface area contributed by atoms with Crippen LogP contribution in [0.4, 0.5) is 19.0 Å². The van der Waals surface area contributed by atoms with Gasteiger partial charge in [0, 0.05) is 18.5 Å². The van der Waals surface area contributed by atoms with Gasteiger partial charge in [-0.1, -0.05) is 0 Å². The molecule has 9 heteroatoms. The lowest BCUT2D eigenvalue weighted by molar-refractivity contribution is -0.141. The zero-order valence-electron chi connectivity index (χ0n) is 9.85. The molecule has 0 saturated heterocycles. The van der Waals surface area contributed by atoms with Gasteiger partial charge in [-0.2, -0.15) is 23.0 Å². The Balaban J connectivity index is 2.50. The highest BCUT2D eigenvalue weighted by atomic mass is 19.4. The molecule has 19 heavy (non-hydrogen) atoms. The molecule has 0 saturated carbocycles. The minimum absolute atomic E-state index is 0.0114. The van der Waals surface area contributed by atoms with Crippen LogP contribution >= 0.6 is 0 Å². The normalized spacial score (nSPS) is 11.6. The minimum Gasteiger partial charge on any atom is -0.475 e. The lowest BCUT2D eigenvalue weighted by Crippen LogP contribution is -2.10. The molecule has 0 fully saturated rings. The molecular weight excluding hydrogens is 263 g/mol. The molecule has 0 aliphatic heterocycles. The van der Waals surface area contributed by atoms with E-state index in [2.05, 4.69) is 15.1 Å². The van der Waals surface area contributed by atoms with Gasteiger partial charge in [-0.15, -0.1) is 0 Å². The van der Waals surface area contributed by atoms with Gasteiger partial charge in [-0.25, -0.2) is 9.97 Å². The minimum atomic E-state index is -4.58. The molecule has 0 radical (unpaired) electrons. The number of nitrogens with two attached hydrogens (primary N) is 1. The molecule has 2 heterocycles. The third kappa shape index (κ3) is 2.59. The molecule has 2 N–H and O–H groups in total. The van der Waals surface area contributed by atoms with Gasteiger partial charge in [0.05, 0.1) is 6.61 Å². The van der Waals surface area contributed by atoms with E-state index in [0.717, 1.165) is 10.7 Å². The Labute approximate surface area is 106 Å². The summed E-state index contributed by atoms with van der Waals surface area (Å²) < 4.78 is 43.7. The van der Waals surface area contributed by atoms with Gasteiger partial charge < -0.3 is 10.5 Å². The number of ether oxygens (including phenoxy) is 1. The average Bonchev–Trinajstić information content (AvgIpc) is 2.72. The Morgan fingerprint density at radius 1 is 1.32 bits per heavy atom. The summed E-state index contributed by atoms with van der Waals surface area (Å²) >= 11 is 0. The van der Waals surface area contributed by atoms with Crippen molar-refractivity contribution in [3.63, 3.8) is 0 Å². The van der Waals surface area contributed by atoms with E-state index in [1.54, 1.807) is 6.92 Å². The molecule has 0 aliphatic rings. The average molecular weight is 273 g/mol. The number of hydrogen-bond donors (Lipinski definition) is 1. The van der Waals surface area contributed by atoms with Gasteiger partial charge >= 0.3 is 6.18 Å². The predicted molar refractivity (Wildman–Crippen MR) is 59.7 cm³/mol. The van der Waals surface area contributed by atoms with E-state index in [1.807, 2.05) is 0 Å². The SMILES string of the molecule is CCOc1nccnc1-n1nc(C(F)(F)F)cc1N. The summed E-state index contributed by atoms with van der Waals surface area (Å²) in [6, 6.07) is 0.727. The van der Waals surface area contributed by atoms with Crippen LogP contribution in [0, 0.1) is 0 Å². The van der Waals surface area contributed by atoms with E-state index >= 15 is 0 Å². The van der Waals surface area contributed by atoms with Crippen molar-refractivity contribution >= 4 is 5.82 Å². The number of halogens is 3. The van der Waals surface area contributed by atoms with E-state index in [4.69, 9.17) is 10.5 Å². The first-order valence-corrected chi connectivity index (χ1v) is 5.30. The molecule has 2 rings (SSSR count). The van der Waals surface area contributed by atoms with Gasteiger partial charge in [-0.05, 0) is 6.92 Å². The van der Waals surface area contributed by atoms with Crippen LogP contribution in [0.1, 0.15) is 12.6 Å². The van der Waals surface area contributed by atoms with Crippen LogP contribution in [0.3, 0.4) is 0 Å². The maximum atomic E-state index is 12.5. The Bertz CT molecular complexity index is 581. The molecule has 0 unspecified atom stereocenters. The zero-order valence-corrected chi connectivity index (χ0v) is 9.85. The van der Waals surface area contributed by atoms with E-state index < -0.39 is 11.9 Å². The summed E-state index contributed by atoms with van der Waals surface area (Å²) in [5.41, 5.74) is 4.41. The molecule has 0 aromatic carbocycles. The maximum absolute atomic E-state index is 12.5. The van der Waals surface area contributed by atoms with Crippen LogP contribution in [0.5, 0.6) is 5.88 Å². The fourth-order valence-corrected chi connectivity index (χ4v) is 1.41. The van der Waals surface area contributed by atoms with E-state index in [0.29, 0.717) is 6.61 Å². The number of nitrogen functional groups attached to an aromatic ring is 1. The van der Waals surface area contributed by atoms with Crippen LogP contribution in [0.15, 0.2) is 18.5 Å². The number of alkyl halides is 3. The summed E-state index contributed by atoms with van der Waals surface area (Å²) in [5.74, 6) is -0.125. The topological polar surface area (TPSA) is 78.9 Å². The number of aromatic nitrogens is 4. The molecule has 0 bridgehead atoms. The second kappa shape index (κ2) is 4.75. The lowest BCUT2D eigenvalue weighted by Gasteiger charge is -2.08. The molecule has 0 amide bonds. The van der Waals surface area contributed by atoms with Crippen molar-refractivity contribution in [2.45, 2.75) is 13.1 Å². The van der Waals surface area contributed by atoms with Gasteiger partial charge in [-0.3, -0.25) is 0 Å². The molecule has 6 nitrogen and oxygen atoms in total. The van der Waals surface area contributed by atoms with Gasteiger partial charge in [0.1, 0.15) is 5.82 Å². The first-order chi connectivity index (χ1) is 8.93. The predicted octanol–water partition coefficient (Wildman–Crippen LogP) is 1.66. The highest BCUT2D eigenvalue weighted by Crippen LogP contribution is 2.31. The van der Waals surface area contributed by atoms with Crippen molar-refractivity contribution in [2.75, 3.05) is 12.3 Å². The Kier molecular flexibility index (Phi) is 3.28. The van der Waals surface area contributed by atoms with Crippen molar-refractivity contribution in [1.82, 2.24) is 19.7 Å². The Morgan fingerprint density at radius 2 is 2.00 bits per heavy atom. The van der Waals surface area contributed by atoms with Gasteiger partial charge in [0.2, 0.25) is 5.82 Å². The molecule has 0 aliphatic carbocycles. The fraction of sp³-hybridized carbons (Fsp3) is 0.300. The third-order valence-corrected chi connectivity index (χ3v) is 2.16. The van der Waals surface area contributed by atoms with Crippen molar-refractivity contribution in [3.8, 4) is 11.7 Å². The summed E-state index contributed by atoms with van der Waals surface area (Å²) in [7, 11) is 0. The molecule has 2 aromatic rings. The number of anilines is 1. The number of rotatable bonds is 3. The second-order valence-electron chi connectivity index (χ2n) is 3.48. The summed E-state index contributed by atoms with van der Waals surface area (Å²) in [6.07, 6.45) is -1.90. The number of hydrogen-bond acceptors (Lipinski definition) is 5. The van der Waals surface area contributed by atoms with Gasteiger partial charge in [0.25, 0.3) is 5.88 Å². The monoisotopic (exact) mass is 273 g/mol. The van der Waals surface area contributed by atoms with Crippen LogP contribution in [0.25, 0.3) is 5.82 Å². The fourth-order valence-electron chi connectivity index (χ4n) is 1.41. The zero-order chi connectivity index (χ0) is 14.0. The smallest absolute Gasteiger partial charge is 0.435 e.